The van der Waals surface area contributed by atoms with Crippen molar-refractivity contribution in [3.63, 3.8) is 0 Å². The molecule has 2 aromatic rings. The molecule has 0 saturated heterocycles. The van der Waals surface area contributed by atoms with Gasteiger partial charge in [-0.15, -0.1) is 0 Å². The maximum absolute atomic E-state index is 5.76. The number of nitrogens with zero attached hydrogens (tertiary/aromatic N) is 1. The number of ether oxygens (including phenoxy) is 2. The highest BCUT2D eigenvalue weighted by atomic mass is 32.1. The van der Waals surface area contributed by atoms with Crippen LogP contribution in [0.5, 0.6) is 11.5 Å². The Kier molecular flexibility index (Phi) is 9.86. The highest BCUT2D eigenvalue weighted by molar-refractivity contribution is 7.80. The number of hydrogen-bond acceptors (Lipinski definition) is 4. The van der Waals surface area contributed by atoms with Gasteiger partial charge in [0.05, 0.1) is 6.21 Å². The van der Waals surface area contributed by atoms with Gasteiger partial charge in [-0.2, -0.15) is 5.10 Å². The van der Waals surface area contributed by atoms with Crippen LogP contribution in [0, 0.1) is 0 Å². The lowest BCUT2D eigenvalue weighted by Gasteiger charge is -2.09. The van der Waals surface area contributed by atoms with Crippen molar-refractivity contribution in [2.24, 2.45) is 10.8 Å². The molecule has 0 heterocycles. The SMILES string of the molecule is CCCCCCc1ccc(OCCOc2cccc(/C=N/NC(N)=S)c2)cc1. The number of thiocarbonyl (C=S) groups is 1. The molecule has 2 rings (SSSR count). The molecule has 0 unspecified atom stereocenters. The molecular weight excluding hydrogens is 370 g/mol. The van der Waals surface area contributed by atoms with Crippen molar-refractivity contribution in [2.75, 3.05) is 13.2 Å². The van der Waals surface area contributed by atoms with Crippen molar-refractivity contribution in [3.8, 4) is 11.5 Å². The summed E-state index contributed by atoms with van der Waals surface area (Å²) >= 11 is 4.70. The molecule has 6 heteroatoms. The van der Waals surface area contributed by atoms with Gasteiger partial charge in [0.1, 0.15) is 24.7 Å². The van der Waals surface area contributed by atoms with Crippen molar-refractivity contribution in [1.29, 1.82) is 0 Å². The van der Waals surface area contributed by atoms with Gasteiger partial charge in [-0.05, 0) is 60.5 Å². The second kappa shape index (κ2) is 12.7. The van der Waals surface area contributed by atoms with E-state index >= 15 is 0 Å². The van der Waals surface area contributed by atoms with E-state index in [1.807, 2.05) is 36.4 Å². The Balaban J connectivity index is 1.69. The lowest BCUT2D eigenvalue weighted by Crippen LogP contribution is -2.23. The minimum Gasteiger partial charge on any atom is -0.490 e. The fraction of sp³-hybridized carbons (Fsp3) is 0.364. The van der Waals surface area contributed by atoms with E-state index in [0.29, 0.717) is 13.2 Å². The summed E-state index contributed by atoms with van der Waals surface area (Å²) in [6, 6.07) is 15.9. The second-order valence-corrected chi connectivity index (χ2v) is 6.90. The van der Waals surface area contributed by atoms with Crippen LogP contribution in [0.4, 0.5) is 0 Å². The summed E-state index contributed by atoms with van der Waals surface area (Å²) in [5.74, 6) is 1.62. The molecule has 0 atom stereocenters. The van der Waals surface area contributed by atoms with E-state index in [0.717, 1.165) is 23.5 Å². The summed E-state index contributed by atoms with van der Waals surface area (Å²) in [6.45, 7) is 3.18. The van der Waals surface area contributed by atoms with Crippen molar-refractivity contribution < 1.29 is 9.47 Å². The smallest absolute Gasteiger partial charge is 0.184 e. The number of nitrogens with one attached hydrogen (secondary N) is 1. The van der Waals surface area contributed by atoms with Crippen LogP contribution in [0.2, 0.25) is 0 Å². The molecule has 28 heavy (non-hydrogen) atoms. The predicted molar refractivity (Wildman–Crippen MR) is 119 cm³/mol. The third-order valence-electron chi connectivity index (χ3n) is 4.11. The Hall–Kier alpha value is -2.60. The zero-order valence-electron chi connectivity index (χ0n) is 16.4. The van der Waals surface area contributed by atoms with Crippen LogP contribution < -0.4 is 20.6 Å². The Bertz CT molecular complexity index is 748. The second-order valence-electron chi connectivity index (χ2n) is 6.46. The summed E-state index contributed by atoms with van der Waals surface area (Å²) in [5, 5.41) is 4.06. The number of benzene rings is 2. The quantitative estimate of drug-likeness (QED) is 0.239. The van der Waals surface area contributed by atoms with E-state index in [2.05, 4.69) is 29.6 Å². The summed E-state index contributed by atoms with van der Waals surface area (Å²) < 4.78 is 11.5. The number of hydrogen-bond donors (Lipinski definition) is 2. The summed E-state index contributed by atoms with van der Waals surface area (Å²) in [5.41, 5.74) is 10.1. The normalized spacial score (nSPS) is 10.8. The van der Waals surface area contributed by atoms with Crippen molar-refractivity contribution >= 4 is 23.5 Å². The van der Waals surface area contributed by atoms with Gasteiger partial charge in [0.2, 0.25) is 0 Å². The van der Waals surface area contributed by atoms with Gasteiger partial charge in [-0.1, -0.05) is 50.5 Å². The van der Waals surface area contributed by atoms with Crippen molar-refractivity contribution in [1.82, 2.24) is 5.43 Å². The molecule has 2 aromatic carbocycles. The number of rotatable bonds is 12. The molecule has 0 spiro atoms. The number of unbranched alkanes of at least 4 members (excludes halogenated alkanes) is 3. The first-order chi connectivity index (χ1) is 13.7. The first kappa shape index (κ1) is 21.7. The van der Waals surface area contributed by atoms with Crippen LogP contribution in [0.15, 0.2) is 53.6 Å². The van der Waals surface area contributed by atoms with Gasteiger partial charge in [0.15, 0.2) is 5.11 Å². The van der Waals surface area contributed by atoms with Gasteiger partial charge in [-0.25, -0.2) is 0 Å². The van der Waals surface area contributed by atoms with Crippen molar-refractivity contribution in [3.05, 3.63) is 59.7 Å². The van der Waals surface area contributed by atoms with E-state index in [1.165, 1.54) is 31.2 Å². The largest absolute Gasteiger partial charge is 0.490 e. The van der Waals surface area contributed by atoms with Crippen LogP contribution in [-0.4, -0.2) is 24.5 Å². The Morgan fingerprint density at radius 1 is 1.04 bits per heavy atom. The highest BCUT2D eigenvalue weighted by Crippen LogP contribution is 2.15. The van der Waals surface area contributed by atoms with Gasteiger partial charge in [0, 0.05) is 0 Å². The summed E-state index contributed by atoms with van der Waals surface area (Å²) in [6.07, 6.45) is 7.90. The fourth-order valence-corrected chi connectivity index (χ4v) is 2.74. The van der Waals surface area contributed by atoms with E-state index in [1.54, 1.807) is 6.21 Å². The molecule has 0 fully saturated rings. The minimum absolute atomic E-state index is 0.130. The van der Waals surface area contributed by atoms with E-state index in [9.17, 15) is 0 Å². The number of nitrogens with two attached hydrogens (primary N) is 1. The molecule has 0 bridgehead atoms. The minimum atomic E-state index is 0.130. The van der Waals surface area contributed by atoms with E-state index in [-0.39, 0.29) is 5.11 Å². The summed E-state index contributed by atoms with van der Waals surface area (Å²) in [4.78, 5) is 0. The molecule has 0 amide bonds. The average Bonchev–Trinajstić information content (AvgIpc) is 2.70. The molecule has 0 radical (unpaired) electrons. The first-order valence-electron chi connectivity index (χ1n) is 9.70. The maximum atomic E-state index is 5.76. The fourth-order valence-electron chi connectivity index (χ4n) is 2.68. The molecular formula is C22H29N3O2S. The Labute approximate surface area is 172 Å². The molecule has 3 N–H and O–H groups in total. The van der Waals surface area contributed by atoms with Gasteiger partial charge >= 0.3 is 0 Å². The molecule has 150 valence electrons. The standard InChI is InChI=1S/C22H29N3O2S/c1-2-3-4-5-7-18-10-12-20(13-11-18)26-14-15-27-21-9-6-8-19(16-21)17-24-25-22(23)28/h6,8-13,16-17H,2-5,7,14-15H2,1H3,(H3,23,25,28)/b24-17+. The zero-order chi connectivity index (χ0) is 20.0. The first-order valence-corrected chi connectivity index (χ1v) is 10.1. The molecule has 0 saturated carbocycles. The van der Waals surface area contributed by atoms with Gasteiger partial charge in [0.25, 0.3) is 0 Å². The Morgan fingerprint density at radius 3 is 2.50 bits per heavy atom. The summed E-state index contributed by atoms with van der Waals surface area (Å²) in [7, 11) is 0. The van der Waals surface area contributed by atoms with Crippen molar-refractivity contribution in [2.45, 2.75) is 39.0 Å². The number of aryl methyl sites for hydroxylation is 1. The third kappa shape index (κ3) is 8.86. The van der Waals surface area contributed by atoms with Crippen LogP contribution in [0.25, 0.3) is 0 Å². The van der Waals surface area contributed by atoms with Crippen LogP contribution in [-0.2, 0) is 6.42 Å². The van der Waals surface area contributed by atoms with Crippen LogP contribution >= 0.6 is 12.2 Å². The molecule has 0 aliphatic carbocycles. The molecule has 0 aliphatic rings. The monoisotopic (exact) mass is 399 g/mol. The van der Waals surface area contributed by atoms with Crippen LogP contribution in [0.3, 0.4) is 0 Å². The Morgan fingerprint density at radius 2 is 1.79 bits per heavy atom. The molecule has 0 aliphatic heterocycles. The van der Waals surface area contributed by atoms with E-state index in [4.69, 9.17) is 27.4 Å². The molecule has 5 nitrogen and oxygen atoms in total. The lowest BCUT2D eigenvalue weighted by atomic mass is 10.1. The third-order valence-corrected chi connectivity index (χ3v) is 4.20. The number of hydrazone groups is 1. The molecule has 0 aromatic heterocycles. The predicted octanol–water partition coefficient (Wildman–Crippen LogP) is 4.43. The lowest BCUT2D eigenvalue weighted by molar-refractivity contribution is 0.217. The maximum Gasteiger partial charge on any atom is 0.184 e. The average molecular weight is 400 g/mol. The highest BCUT2D eigenvalue weighted by Gasteiger charge is 1.99. The van der Waals surface area contributed by atoms with Gasteiger partial charge < -0.3 is 15.2 Å². The topological polar surface area (TPSA) is 68.9 Å². The van der Waals surface area contributed by atoms with E-state index < -0.39 is 0 Å². The van der Waals surface area contributed by atoms with Gasteiger partial charge in [-0.3, -0.25) is 5.43 Å². The van der Waals surface area contributed by atoms with Crippen LogP contribution in [0.1, 0.15) is 43.7 Å². The zero-order valence-corrected chi connectivity index (χ0v) is 17.2.